The van der Waals surface area contributed by atoms with Gasteiger partial charge in [-0.1, -0.05) is 33.1 Å². The highest BCUT2D eigenvalue weighted by molar-refractivity contribution is 6.02. The van der Waals surface area contributed by atoms with Crippen LogP contribution in [0, 0.1) is 22.7 Å². The Balaban J connectivity index is 2.14. The molecule has 0 aromatic heterocycles. The molecule has 0 heterocycles. The smallest absolute Gasteiger partial charge is 0.172 e. The SMILES string of the molecule is COc1cc(OC)cc(C(=O)[C@]2(C)[C@H]3CCCC[C@H]3CC(C)(C)[C@@]2(C)O)c1. The third-order valence-electron chi connectivity index (χ3n) is 7.84. The van der Waals surface area contributed by atoms with Crippen LogP contribution in [0.3, 0.4) is 0 Å². The molecule has 4 atom stereocenters. The summed E-state index contributed by atoms with van der Waals surface area (Å²) in [6.45, 7) is 8.07. The van der Waals surface area contributed by atoms with Crippen LogP contribution in [0.25, 0.3) is 0 Å². The summed E-state index contributed by atoms with van der Waals surface area (Å²) in [6, 6.07) is 5.31. The number of benzene rings is 1. The normalized spacial score (nSPS) is 35.2. The van der Waals surface area contributed by atoms with Crippen molar-refractivity contribution in [1.82, 2.24) is 0 Å². The fraction of sp³-hybridized carbons (Fsp3) is 0.696. The van der Waals surface area contributed by atoms with Crippen LogP contribution in [-0.2, 0) is 0 Å². The van der Waals surface area contributed by atoms with Crippen molar-refractivity contribution in [2.75, 3.05) is 14.2 Å². The summed E-state index contributed by atoms with van der Waals surface area (Å²) in [5, 5.41) is 11.8. The Bertz CT molecular complexity index is 699. The van der Waals surface area contributed by atoms with Crippen molar-refractivity contribution < 1.29 is 19.4 Å². The van der Waals surface area contributed by atoms with Crippen LogP contribution in [0.5, 0.6) is 11.5 Å². The van der Waals surface area contributed by atoms with Gasteiger partial charge in [-0.25, -0.2) is 0 Å². The third-order valence-corrected chi connectivity index (χ3v) is 7.84. The van der Waals surface area contributed by atoms with Gasteiger partial charge in [-0.15, -0.1) is 0 Å². The predicted octanol–water partition coefficient (Wildman–Crippen LogP) is 4.88. The number of fused-ring (bicyclic) bond motifs is 1. The van der Waals surface area contributed by atoms with E-state index in [1.165, 1.54) is 6.42 Å². The monoisotopic (exact) mass is 374 g/mol. The van der Waals surface area contributed by atoms with Crippen LogP contribution in [0.4, 0.5) is 0 Å². The number of carbonyl (C=O) groups excluding carboxylic acids is 1. The van der Waals surface area contributed by atoms with Gasteiger partial charge in [0.2, 0.25) is 0 Å². The Kier molecular flexibility index (Phi) is 5.09. The molecule has 1 aromatic carbocycles. The highest BCUT2D eigenvalue weighted by Gasteiger charge is 2.65. The lowest BCUT2D eigenvalue weighted by Crippen LogP contribution is -2.66. The molecule has 4 nitrogen and oxygen atoms in total. The number of aliphatic hydroxyl groups is 1. The summed E-state index contributed by atoms with van der Waals surface area (Å²) in [5.74, 6) is 1.86. The number of ketones is 1. The van der Waals surface area contributed by atoms with Crippen LogP contribution >= 0.6 is 0 Å². The molecule has 0 bridgehead atoms. The van der Waals surface area contributed by atoms with Crippen LogP contribution in [0.15, 0.2) is 18.2 Å². The van der Waals surface area contributed by atoms with Crippen molar-refractivity contribution in [2.45, 2.75) is 65.4 Å². The molecule has 0 saturated heterocycles. The molecule has 1 N–H and O–H groups in total. The minimum absolute atomic E-state index is 0.00521. The van der Waals surface area contributed by atoms with Crippen molar-refractivity contribution in [3.63, 3.8) is 0 Å². The first-order chi connectivity index (χ1) is 12.6. The number of Topliss-reactive ketones (excluding diaryl/α,β-unsaturated/α-hetero) is 1. The van der Waals surface area contributed by atoms with Gasteiger partial charge in [0.25, 0.3) is 0 Å². The number of hydrogen-bond donors (Lipinski definition) is 1. The fourth-order valence-electron chi connectivity index (χ4n) is 5.76. The Hall–Kier alpha value is -1.55. The molecular weight excluding hydrogens is 340 g/mol. The van der Waals surface area contributed by atoms with E-state index in [1.807, 2.05) is 13.8 Å². The molecule has 3 rings (SSSR count). The lowest BCUT2D eigenvalue weighted by atomic mass is 9.43. The van der Waals surface area contributed by atoms with Crippen LogP contribution in [-0.4, -0.2) is 30.7 Å². The number of carbonyl (C=O) groups is 1. The molecule has 27 heavy (non-hydrogen) atoms. The molecular formula is C23H34O4. The first-order valence-electron chi connectivity index (χ1n) is 10.1. The Morgan fingerprint density at radius 1 is 1.00 bits per heavy atom. The average molecular weight is 375 g/mol. The van der Waals surface area contributed by atoms with E-state index in [1.54, 1.807) is 32.4 Å². The predicted molar refractivity (Wildman–Crippen MR) is 106 cm³/mol. The average Bonchev–Trinajstić information content (AvgIpc) is 2.65. The molecule has 0 spiro atoms. The highest BCUT2D eigenvalue weighted by atomic mass is 16.5. The molecule has 4 heteroatoms. The Labute approximate surface area is 163 Å². The first-order valence-corrected chi connectivity index (χ1v) is 10.1. The largest absolute Gasteiger partial charge is 0.497 e. The molecule has 0 radical (unpaired) electrons. The van der Waals surface area contributed by atoms with E-state index in [-0.39, 0.29) is 17.1 Å². The molecule has 2 aliphatic rings. The maximum absolute atomic E-state index is 13.9. The number of hydrogen-bond acceptors (Lipinski definition) is 4. The summed E-state index contributed by atoms with van der Waals surface area (Å²) < 4.78 is 10.7. The zero-order chi connectivity index (χ0) is 20.0. The highest BCUT2D eigenvalue weighted by Crippen LogP contribution is 2.62. The van der Waals surface area contributed by atoms with E-state index in [0.29, 0.717) is 23.0 Å². The van der Waals surface area contributed by atoms with Gasteiger partial charge in [-0.2, -0.15) is 0 Å². The van der Waals surface area contributed by atoms with Crippen molar-refractivity contribution in [1.29, 1.82) is 0 Å². The van der Waals surface area contributed by atoms with Gasteiger partial charge in [-0.05, 0) is 56.1 Å². The van der Waals surface area contributed by atoms with Crippen molar-refractivity contribution in [3.8, 4) is 11.5 Å². The van der Waals surface area contributed by atoms with Gasteiger partial charge in [0.15, 0.2) is 5.78 Å². The lowest BCUT2D eigenvalue weighted by Gasteiger charge is -2.62. The van der Waals surface area contributed by atoms with Gasteiger partial charge in [0.05, 0.1) is 25.2 Å². The zero-order valence-corrected chi connectivity index (χ0v) is 17.6. The molecule has 2 fully saturated rings. The fourth-order valence-corrected chi connectivity index (χ4v) is 5.76. The number of ether oxygens (including phenoxy) is 2. The van der Waals surface area contributed by atoms with E-state index in [2.05, 4.69) is 13.8 Å². The first kappa shape index (κ1) is 20.2. The summed E-state index contributed by atoms with van der Waals surface area (Å²) in [4.78, 5) is 13.9. The standard InChI is InChI=1S/C23H34O4/c1-21(2)14-15-9-7-8-10-19(15)22(3,23(21,4)25)20(24)16-11-17(26-5)13-18(12-16)27-6/h11-13,15,19,25H,7-10,14H2,1-6H3/t15-,19-,22-,23+/m0/s1. The Morgan fingerprint density at radius 3 is 2.11 bits per heavy atom. The lowest BCUT2D eigenvalue weighted by molar-refractivity contribution is -0.198. The summed E-state index contributed by atoms with van der Waals surface area (Å²) in [7, 11) is 3.17. The molecule has 150 valence electrons. The Morgan fingerprint density at radius 2 is 1.56 bits per heavy atom. The second kappa shape index (κ2) is 6.80. The summed E-state index contributed by atoms with van der Waals surface area (Å²) >= 11 is 0. The van der Waals surface area contributed by atoms with Gasteiger partial charge in [0, 0.05) is 11.6 Å². The molecule has 0 amide bonds. The maximum Gasteiger partial charge on any atom is 0.172 e. The third kappa shape index (κ3) is 2.97. The second-order valence-corrected chi connectivity index (χ2v) is 9.44. The maximum atomic E-state index is 13.9. The molecule has 2 saturated carbocycles. The van der Waals surface area contributed by atoms with Crippen LogP contribution < -0.4 is 9.47 Å². The van der Waals surface area contributed by atoms with Crippen LogP contribution in [0.1, 0.15) is 70.2 Å². The summed E-state index contributed by atoms with van der Waals surface area (Å²) in [6.07, 6.45) is 5.46. The molecule has 0 unspecified atom stereocenters. The summed E-state index contributed by atoms with van der Waals surface area (Å²) in [5.41, 5.74) is -1.74. The molecule has 2 aliphatic carbocycles. The van der Waals surface area contributed by atoms with Gasteiger partial charge >= 0.3 is 0 Å². The van der Waals surface area contributed by atoms with Gasteiger partial charge < -0.3 is 14.6 Å². The van der Waals surface area contributed by atoms with Crippen molar-refractivity contribution in [3.05, 3.63) is 23.8 Å². The molecule has 0 aliphatic heterocycles. The minimum Gasteiger partial charge on any atom is -0.497 e. The topological polar surface area (TPSA) is 55.8 Å². The van der Waals surface area contributed by atoms with E-state index < -0.39 is 11.0 Å². The van der Waals surface area contributed by atoms with E-state index in [4.69, 9.17) is 9.47 Å². The zero-order valence-electron chi connectivity index (χ0n) is 17.6. The van der Waals surface area contributed by atoms with Crippen molar-refractivity contribution >= 4 is 5.78 Å². The van der Waals surface area contributed by atoms with E-state index in [9.17, 15) is 9.90 Å². The quantitative estimate of drug-likeness (QED) is 0.763. The number of rotatable bonds is 4. The van der Waals surface area contributed by atoms with E-state index >= 15 is 0 Å². The van der Waals surface area contributed by atoms with Crippen LogP contribution in [0.2, 0.25) is 0 Å². The van der Waals surface area contributed by atoms with Gasteiger partial charge in [0.1, 0.15) is 11.5 Å². The number of methoxy groups -OCH3 is 2. The molecule has 1 aromatic rings. The van der Waals surface area contributed by atoms with Crippen molar-refractivity contribution in [2.24, 2.45) is 22.7 Å². The second-order valence-electron chi connectivity index (χ2n) is 9.44. The minimum atomic E-state index is -1.11. The van der Waals surface area contributed by atoms with E-state index in [0.717, 1.165) is 25.7 Å². The van der Waals surface area contributed by atoms with Gasteiger partial charge in [-0.3, -0.25) is 4.79 Å².